The van der Waals surface area contributed by atoms with E-state index in [1.165, 1.54) is 0 Å². The van der Waals surface area contributed by atoms with E-state index in [0.29, 0.717) is 6.61 Å². The Morgan fingerprint density at radius 2 is 2.00 bits per heavy atom. The molecule has 0 radical (unpaired) electrons. The summed E-state index contributed by atoms with van der Waals surface area (Å²) in [5.41, 5.74) is 12.1. The fourth-order valence-electron chi connectivity index (χ4n) is 1.02. The van der Waals surface area contributed by atoms with Crippen molar-refractivity contribution in [1.82, 2.24) is 0 Å². The van der Waals surface area contributed by atoms with Crippen LogP contribution in [0.2, 0.25) is 0 Å². The van der Waals surface area contributed by atoms with Gasteiger partial charge in [0.1, 0.15) is 12.4 Å². The molecule has 0 amide bonds. The third-order valence-electron chi connectivity index (χ3n) is 1.75. The lowest BCUT2D eigenvalue weighted by Gasteiger charge is -2.05. The lowest BCUT2D eigenvalue weighted by Crippen LogP contribution is -2.21. The van der Waals surface area contributed by atoms with E-state index in [9.17, 15) is 0 Å². The van der Waals surface area contributed by atoms with Crippen molar-refractivity contribution in [3.8, 4) is 5.75 Å². The summed E-state index contributed by atoms with van der Waals surface area (Å²) < 4.78 is 5.45. The summed E-state index contributed by atoms with van der Waals surface area (Å²) in [5, 5.41) is 7.20. The fraction of sp³-hybridized carbons (Fsp3) is 0.167. The minimum atomic E-state index is -0.0670. The second kappa shape index (κ2) is 6.32. The maximum atomic E-state index is 5.45. The van der Waals surface area contributed by atoms with E-state index in [1.807, 2.05) is 31.2 Å². The van der Waals surface area contributed by atoms with Gasteiger partial charge in [-0.2, -0.15) is 5.10 Å². The molecule has 0 heterocycles. The van der Waals surface area contributed by atoms with Crippen LogP contribution in [0.3, 0.4) is 0 Å². The molecule has 0 spiro atoms. The van der Waals surface area contributed by atoms with Crippen LogP contribution in [0.1, 0.15) is 12.5 Å². The van der Waals surface area contributed by atoms with Gasteiger partial charge in [0, 0.05) is 0 Å². The summed E-state index contributed by atoms with van der Waals surface area (Å²) in [7, 11) is 0. The zero-order valence-corrected chi connectivity index (χ0v) is 9.76. The van der Waals surface area contributed by atoms with E-state index in [4.69, 9.17) is 16.2 Å². The molecule has 0 aliphatic carbocycles. The molecule has 1 aromatic carbocycles. The van der Waals surface area contributed by atoms with Gasteiger partial charge in [-0.3, -0.25) is 0 Å². The molecular formula is C12H16N4O. The Morgan fingerprint density at radius 3 is 2.53 bits per heavy atom. The van der Waals surface area contributed by atoms with Gasteiger partial charge in [0.25, 0.3) is 0 Å². The average molecular weight is 232 g/mol. The summed E-state index contributed by atoms with van der Waals surface area (Å²) in [6.07, 6.45) is 1.56. The minimum absolute atomic E-state index is 0.0670. The Hall–Kier alpha value is -2.30. The summed E-state index contributed by atoms with van der Waals surface area (Å²) in [4.78, 5) is 0. The van der Waals surface area contributed by atoms with Gasteiger partial charge in [0.15, 0.2) is 0 Å². The van der Waals surface area contributed by atoms with E-state index in [1.54, 1.807) is 6.21 Å². The number of benzene rings is 1. The van der Waals surface area contributed by atoms with Crippen LogP contribution in [-0.2, 0) is 0 Å². The first-order valence-corrected chi connectivity index (χ1v) is 5.07. The van der Waals surface area contributed by atoms with E-state index < -0.39 is 0 Å². The van der Waals surface area contributed by atoms with Crippen LogP contribution in [0.5, 0.6) is 5.75 Å². The van der Waals surface area contributed by atoms with Gasteiger partial charge in [0.05, 0.1) is 6.21 Å². The third kappa shape index (κ3) is 5.36. The first-order valence-electron chi connectivity index (χ1n) is 5.07. The van der Waals surface area contributed by atoms with E-state index >= 15 is 0 Å². The Kier molecular flexibility index (Phi) is 4.75. The molecular weight excluding hydrogens is 216 g/mol. The highest BCUT2D eigenvalue weighted by atomic mass is 16.5. The normalized spacial score (nSPS) is 10.2. The number of nitrogens with two attached hydrogens (primary N) is 2. The molecule has 5 nitrogen and oxygen atoms in total. The quantitative estimate of drug-likeness (QED) is 0.346. The fourth-order valence-corrected chi connectivity index (χ4v) is 1.02. The Morgan fingerprint density at radius 1 is 1.35 bits per heavy atom. The lowest BCUT2D eigenvalue weighted by atomic mass is 10.2. The highest BCUT2D eigenvalue weighted by Crippen LogP contribution is 2.11. The number of ether oxygens (including phenoxy) is 1. The highest BCUT2D eigenvalue weighted by Gasteiger charge is 1.93. The predicted molar refractivity (Wildman–Crippen MR) is 70.2 cm³/mol. The van der Waals surface area contributed by atoms with Crippen molar-refractivity contribution in [3.63, 3.8) is 0 Å². The van der Waals surface area contributed by atoms with Crippen LogP contribution in [0.4, 0.5) is 0 Å². The molecule has 0 aliphatic heterocycles. The largest absolute Gasteiger partial charge is 0.489 e. The van der Waals surface area contributed by atoms with Crippen molar-refractivity contribution in [1.29, 1.82) is 0 Å². The van der Waals surface area contributed by atoms with Crippen LogP contribution < -0.4 is 16.2 Å². The molecule has 0 saturated heterocycles. The van der Waals surface area contributed by atoms with Gasteiger partial charge in [-0.05, 0) is 42.3 Å². The van der Waals surface area contributed by atoms with Gasteiger partial charge >= 0.3 is 0 Å². The van der Waals surface area contributed by atoms with Crippen molar-refractivity contribution in [2.45, 2.75) is 6.92 Å². The van der Waals surface area contributed by atoms with E-state index in [2.05, 4.69) is 16.8 Å². The molecule has 1 aromatic rings. The van der Waals surface area contributed by atoms with Crippen LogP contribution in [-0.4, -0.2) is 18.8 Å². The number of nitrogens with zero attached hydrogens (tertiary/aromatic N) is 2. The second-order valence-electron chi connectivity index (χ2n) is 3.58. The summed E-state index contributed by atoms with van der Waals surface area (Å²) >= 11 is 0. The summed E-state index contributed by atoms with van der Waals surface area (Å²) in [6, 6.07) is 7.42. The maximum absolute atomic E-state index is 5.45. The predicted octanol–water partition coefficient (Wildman–Crippen LogP) is 1.25. The van der Waals surface area contributed by atoms with Crippen molar-refractivity contribution < 1.29 is 4.74 Å². The van der Waals surface area contributed by atoms with Crippen LogP contribution in [0, 0.1) is 0 Å². The topological polar surface area (TPSA) is 86.0 Å². The zero-order chi connectivity index (χ0) is 12.7. The average Bonchev–Trinajstić information content (AvgIpc) is 2.27. The Labute approximate surface area is 100 Å². The van der Waals surface area contributed by atoms with Gasteiger partial charge in [-0.1, -0.05) is 6.58 Å². The molecule has 0 atom stereocenters. The van der Waals surface area contributed by atoms with Gasteiger partial charge < -0.3 is 16.2 Å². The molecule has 0 bridgehead atoms. The molecule has 4 N–H and O–H groups in total. The maximum Gasteiger partial charge on any atom is 0.211 e. The van der Waals surface area contributed by atoms with Crippen molar-refractivity contribution in [2.24, 2.45) is 21.7 Å². The molecule has 0 fully saturated rings. The van der Waals surface area contributed by atoms with Crippen LogP contribution in [0.15, 0.2) is 46.6 Å². The number of hydrogen-bond acceptors (Lipinski definition) is 3. The number of guanidine groups is 1. The SMILES string of the molecule is C=C(C)COc1ccc(C=NN=C(N)N)cc1. The van der Waals surface area contributed by atoms with Crippen molar-refractivity contribution in [3.05, 3.63) is 42.0 Å². The van der Waals surface area contributed by atoms with Gasteiger partial charge in [-0.15, -0.1) is 5.10 Å². The molecule has 0 aromatic heterocycles. The first kappa shape index (κ1) is 12.8. The molecule has 17 heavy (non-hydrogen) atoms. The minimum Gasteiger partial charge on any atom is -0.489 e. The first-order chi connectivity index (χ1) is 8.08. The van der Waals surface area contributed by atoms with Crippen LogP contribution in [0.25, 0.3) is 0 Å². The Balaban J connectivity index is 2.58. The highest BCUT2D eigenvalue weighted by molar-refractivity contribution is 5.81. The van der Waals surface area contributed by atoms with Crippen LogP contribution >= 0.6 is 0 Å². The standard InChI is InChI=1S/C12H16N4O/c1-9(2)8-17-11-5-3-10(4-6-11)7-15-16-12(13)14/h3-7H,1,8H2,2H3,(H4,13,14,16). The van der Waals surface area contributed by atoms with E-state index in [-0.39, 0.29) is 5.96 Å². The summed E-state index contributed by atoms with van der Waals surface area (Å²) in [6.45, 7) is 6.19. The van der Waals surface area contributed by atoms with E-state index in [0.717, 1.165) is 16.9 Å². The monoisotopic (exact) mass is 232 g/mol. The molecule has 0 saturated carbocycles. The zero-order valence-electron chi connectivity index (χ0n) is 9.76. The number of hydrogen-bond donors (Lipinski definition) is 2. The van der Waals surface area contributed by atoms with Gasteiger partial charge in [-0.25, -0.2) is 0 Å². The second-order valence-corrected chi connectivity index (χ2v) is 3.58. The number of rotatable bonds is 5. The molecule has 0 unspecified atom stereocenters. The lowest BCUT2D eigenvalue weighted by molar-refractivity contribution is 0.352. The molecule has 1 rings (SSSR count). The van der Waals surface area contributed by atoms with Gasteiger partial charge in [0.2, 0.25) is 5.96 Å². The molecule has 5 heteroatoms. The summed E-state index contributed by atoms with van der Waals surface area (Å²) in [5.74, 6) is 0.717. The van der Waals surface area contributed by atoms with Crippen molar-refractivity contribution >= 4 is 12.2 Å². The molecule has 90 valence electrons. The Bertz CT molecular complexity index is 430. The smallest absolute Gasteiger partial charge is 0.211 e. The van der Waals surface area contributed by atoms with Crippen molar-refractivity contribution in [2.75, 3.05) is 6.61 Å². The molecule has 0 aliphatic rings. The third-order valence-corrected chi connectivity index (χ3v) is 1.75.